The van der Waals surface area contributed by atoms with Crippen molar-refractivity contribution in [2.75, 3.05) is 38.7 Å². The Balaban J connectivity index is 1.71. The molecule has 0 aliphatic carbocycles. The van der Waals surface area contributed by atoms with Gasteiger partial charge in [-0.25, -0.2) is 14.8 Å². The molecule has 3 heterocycles. The molecule has 0 bridgehead atoms. The molecule has 0 saturated carbocycles. The number of carbonyl (C=O) groups is 2. The summed E-state index contributed by atoms with van der Waals surface area (Å²) in [6.45, 7) is 7.28. The number of hydrogen-bond donors (Lipinski definition) is 2. The molecular formula is C20H29ClN6O3S. The summed E-state index contributed by atoms with van der Waals surface area (Å²) in [7, 11) is 3.98. The van der Waals surface area contributed by atoms with Crippen LogP contribution in [0.15, 0.2) is 0 Å². The van der Waals surface area contributed by atoms with Crippen molar-refractivity contribution in [2.24, 2.45) is 0 Å². The molecule has 1 aliphatic heterocycles. The van der Waals surface area contributed by atoms with E-state index in [9.17, 15) is 9.59 Å². The smallest absolute Gasteiger partial charge is 0.350 e. The van der Waals surface area contributed by atoms with E-state index in [-0.39, 0.29) is 29.8 Å². The summed E-state index contributed by atoms with van der Waals surface area (Å²) in [6, 6.07) is 0.00215. The molecule has 2 unspecified atom stereocenters. The molecule has 2 aromatic heterocycles. The molecule has 0 spiro atoms. The van der Waals surface area contributed by atoms with Crippen molar-refractivity contribution >= 4 is 39.9 Å². The number of imidazole rings is 1. The van der Waals surface area contributed by atoms with Gasteiger partial charge < -0.3 is 24.8 Å². The lowest BCUT2D eigenvalue weighted by molar-refractivity contribution is 0.0531. The second-order valence-electron chi connectivity index (χ2n) is 7.69. The summed E-state index contributed by atoms with van der Waals surface area (Å²) >= 11 is 7.43. The zero-order valence-electron chi connectivity index (χ0n) is 18.5. The van der Waals surface area contributed by atoms with Crippen molar-refractivity contribution < 1.29 is 14.3 Å². The maximum absolute atomic E-state index is 12.7. The fraction of sp³-hybridized carbons (Fsp3) is 0.600. The molecule has 3 rings (SSSR count). The van der Waals surface area contributed by atoms with Crippen molar-refractivity contribution in [3.8, 4) is 0 Å². The average Bonchev–Trinajstić information content (AvgIpc) is 3.30. The maximum atomic E-state index is 12.7. The van der Waals surface area contributed by atoms with Gasteiger partial charge in [0.1, 0.15) is 4.88 Å². The van der Waals surface area contributed by atoms with Gasteiger partial charge in [0.15, 0.2) is 16.1 Å². The number of halogens is 1. The molecule has 11 heteroatoms. The highest BCUT2D eigenvalue weighted by molar-refractivity contribution is 7.17. The molecule has 1 saturated heterocycles. The van der Waals surface area contributed by atoms with Crippen LogP contribution in [-0.4, -0.2) is 77.6 Å². The van der Waals surface area contributed by atoms with Gasteiger partial charge >= 0.3 is 5.97 Å². The number of hydrogen-bond acceptors (Lipinski definition) is 8. The number of aromatic amines is 1. The number of piperidine rings is 1. The molecule has 1 aliphatic rings. The van der Waals surface area contributed by atoms with E-state index in [4.69, 9.17) is 16.3 Å². The van der Waals surface area contributed by atoms with Gasteiger partial charge in [-0.05, 0) is 40.8 Å². The van der Waals surface area contributed by atoms with Gasteiger partial charge in [-0.2, -0.15) is 0 Å². The van der Waals surface area contributed by atoms with E-state index >= 15 is 0 Å². The highest BCUT2D eigenvalue weighted by atomic mass is 35.5. The number of aryl methyl sites for hydroxylation is 2. The Labute approximate surface area is 191 Å². The van der Waals surface area contributed by atoms with Gasteiger partial charge in [0.25, 0.3) is 5.91 Å². The van der Waals surface area contributed by atoms with Gasteiger partial charge in [0.2, 0.25) is 0 Å². The molecule has 2 atom stereocenters. The number of nitrogens with one attached hydrogen (secondary N) is 2. The first-order chi connectivity index (χ1) is 14.7. The van der Waals surface area contributed by atoms with Crippen molar-refractivity contribution in [3.63, 3.8) is 0 Å². The Morgan fingerprint density at radius 2 is 2.10 bits per heavy atom. The second kappa shape index (κ2) is 9.97. The number of likely N-dealkylation sites (N-methyl/N-ethyl adjacent to an activating group) is 1. The number of thiazole rings is 1. The summed E-state index contributed by atoms with van der Waals surface area (Å²) in [6.07, 6.45) is 1.41. The summed E-state index contributed by atoms with van der Waals surface area (Å²) < 4.78 is 5.13. The molecule has 9 nitrogen and oxygen atoms in total. The van der Waals surface area contributed by atoms with Gasteiger partial charge in [-0.15, -0.1) is 0 Å². The van der Waals surface area contributed by atoms with Crippen molar-refractivity contribution in [3.05, 3.63) is 27.2 Å². The Hall–Kier alpha value is -2.17. The molecular weight excluding hydrogens is 440 g/mol. The third-order valence-corrected chi connectivity index (χ3v) is 6.89. The molecule has 2 aromatic rings. The Morgan fingerprint density at radius 3 is 2.71 bits per heavy atom. The quantitative estimate of drug-likeness (QED) is 0.601. The van der Waals surface area contributed by atoms with Gasteiger partial charge in [-0.3, -0.25) is 4.79 Å². The SMILES string of the molecule is CCOC(=O)c1sc(N2CCC(NC(=O)c3nc(Cl)c(CC)[nH]3)C(N(C)C)C2)nc1C. The van der Waals surface area contributed by atoms with Gasteiger partial charge in [-0.1, -0.05) is 29.9 Å². The minimum atomic E-state index is -0.335. The van der Waals surface area contributed by atoms with Crippen LogP contribution in [0.25, 0.3) is 0 Å². The molecule has 0 aromatic carbocycles. The summed E-state index contributed by atoms with van der Waals surface area (Å²) in [5, 5.41) is 4.23. The first-order valence-corrected chi connectivity index (χ1v) is 11.6. The number of nitrogens with zero attached hydrogens (tertiary/aromatic N) is 4. The Bertz CT molecular complexity index is 943. The largest absolute Gasteiger partial charge is 0.462 e. The maximum Gasteiger partial charge on any atom is 0.350 e. The van der Waals surface area contributed by atoms with Crippen LogP contribution >= 0.6 is 22.9 Å². The van der Waals surface area contributed by atoms with Crippen LogP contribution in [0.2, 0.25) is 5.15 Å². The number of amides is 1. The number of ether oxygens (including phenoxy) is 1. The third-order valence-electron chi connectivity index (χ3n) is 5.38. The van der Waals surface area contributed by atoms with E-state index in [1.54, 1.807) is 6.92 Å². The first kappa shape index (κ1) is 23.5. The highest BCUT2D eigenvalue weighted by Gasteiger charge is 2.34. The van der Waals surface area contributed by atoms with E-state index in [0.29, 0.717) is 41.8 Å². The number of esters is 1. The Morgan fingerprint density at radius 1 is 1.35 bits per heavy atom. The number of H-pyrrole nitrogens is 1. The third kappa shape index (κ3) is 5.19. The van der Waals surface area contributed by atoms with E-state index < -0.39 is 0 Å². The van der Waals surface area contributed by atoms with E-state index in [1.165, 1.54) is 11.3 Å². The number of aromatic nitrogens is 3. The fourth-order valence-corrected chi connectivity index (χ4v) is 4.93. The first-order valence-electron chi connectivity index (χ1n) is 10.4. The number of anilines is 1. The summed E-state index contributed by atoms with van der Waals surface area (Å²) in [5.74, 6) is -0.364. The minimum Gasteiger partial charge on any atom is -0.462 e. The molecule has 31 heavy (non-hydrogen) atoms. The van der Waals surface area contributed by atoms with Crippen LogP contribution in [0, 0.1) is 6.92 Å². The average molecular weight is 469 g/mol. The normalized spacial score (nSPS) is 19.0. The van der Waals surface area contributed by atoms with Crippen molar-refractivity contribution in [1.82, 2.24) is 25.2 Å². The predicted molar refractivity (Wildman–Crippen MR) is 121 cm³/mol. The monoisotopic (exact) mass is 468 g/mol. The molecule has 0 radical (unpaired) electrons. The van der Waals surface area contributed by atoms with Crippen molar-refractivity contribution in [1.29, 1.82) is 0 Å². The fourth-order valence-electron chi connectivity index (χ4n) is 3.67. The Kier molecular flexibility index (Phi) is 7.55. The summed E-state index contributed by atoms with van der Waals surface area (Å²) in [5.41, 5.74) is 1.43. The number of rotatable bonds is 7. The van der Waals surface area contributed by atoms with Gasteiger partial charge in [0.05, 0.1) is 18.0 Å². The molecule has 1 amide bonds. The predicted octanol–water partition coefficient (Wildman–Crippen LogP) is 2.51. The topological polar surface area (TPSA) is 103 Å². The highest BCUT2D eigenvalue weighted by Crippen LogP contribution is 2.30. The van der Waals surface area contributed by atoms with Crippen LogP contribution in [0.3, 0.4) is 0 Å². The van der Waals surface area contributed by atoms with E-state index in [0.717, 1.165) is 17.2 Å². The van der Waals surface area contributed by atoms with Crippen LogP contribution in [-0.2, 0) is 11.2 Å². The zero-order chi connectivity index (χ0) is 22.7. The van der Waals surface area contributed by atoms with Gasteiger partial charge in [0, 0.05) is 25.2 Å². The molecule has 2 N–H and O–H groups in total. The van der Waals surface area contributed by atoms with Crippen molar-refractivity contribution in [2.45, 2.75) is 45.7 Å². The minimum absolute atomic E-state index is 0.0571. The lowest BCUT2D eigenvalue weighted by atomic mass is 9.98. The number of carbonyl (C=O) groups excluding carboxylic acids is 2. The van der Waals surface area contributed by atoms with Crippen LogP contribution in [0.1, 0.15) is 51.9 Å². The second-order valence-corrected chi connectivity index (χ2v) is 9.02. The van der Waals surface area contributed by atoms with E-state index in [2.05, 4.69) is 30.1 Å². The van der Waals surface area contributed by atoms with E-state index in [1.807, 2.05) is 27.9 Å². The summed E-state index contributed by atoms with van der Waals surface area (Å²) in [4.78, 5) is 41.4. The molecule has 170 valence electrons. The van der Waals surface area contributed by atoms with Crippen LogP contribution in [0.5, 0.6) is 0 Å². The molecule has 1 fully saturated rings. The lowest BCUT2D eigenvalue weighted by Gasteiger charge is -2.41. The zero-order valence-corrected chi connectivity index (χ0v) is 20.1. The lowest BCUT2D eigenvalue weighted by Crippen LogP contribution is -2.59. The van der Waals surface area contributed by atoms with Crippen LogP contribution < -0.4 is 10.2 Å². The standard InChI is InChI=1S/C20H29ClN6O3S/c1-6-12-16(21)25-17(23-12)18(28)24-13-8-9-27(10-14(13)26(4)5)20-22-11(3)15(31-20)19(29)30-7-2/h13-14H,6-10H2,1-5H3,(H,23,25)(H,24,28). The van der Waals surface area contributed by atoms with Crippen LogP contribution in [0.4, 0.5) is 5.13 Å².